The van der Waals surface area contributed by atoms with Crippen LogP contribution in [-0.4, -0.2) is 33.3 Å². The second-order valence-electron chi connectivity index (χ2n) is 5.95. The summed E-state index contributed by atoms with van der Waals surface area (Å²) in [4.78, 5) is 16.7. The summed E-state index contributed by atoms with van der Waals surface area (Å²) in [5, 5.41) is 11.5. The molecule has 1 amide bonds. The zero-order valence-electron chi connectivity index (χ0n) is 12.6. The quantitative estimate of drug-likeness (QED) is 0.905. The van der Waals surface area contributed by atoms with Crippen LogP contribution in [0.25, 0.3) is 11.0 Å². The van der Waals surface area contributed by atoms with Gasteiger partial charge in [0.1, 0.15) is 0 Å². The number of rotatable bonds is 3. The Morgan fingerprint density at radius 2 is 2.29 bits per heavy atom. The van der Waals surface area contributed by atoms with Crippen LogP contribution in [0.2, 0.25) is 0 Å². The van der Waals surface area contributed by atoms with E-state index in [1.807, 2.05) is 17.7 Å². The van der Waals surface area contributed by atoms with Crippen LogP contribution >= 0.6 is 0 Å². The molecule has 0 bridgehead atoms. The minimum Gasteiger partial charge on any atom is -0.324 e. The highest BCUT2D eigenvalue weighted by Crippen LogP contribution is 2.21. The Hall–Kier alpha value is -1.95. The van der Waals surface area contributed by atoms with E-state index in [4.69, 9.17) is 0 Å². The second-order valence-corrected chi connectivity index (χ2v) is 5.95. The van der Waals surface area contributed by atoms with Crippen LogP contribution in [0.1, 0.15) is 33.2 Å². The molecule has 0 radical (unpaired) electrons. The van der Waals surface area contributed by atoms with Crippen LogP contribution in [0.15, 0.2) is 18.5 Å². The van der Waals surface area contributed by atoms with Crippen molar-refractivity contribution in [1.29, 1.82) is 0 Å². The molecule has 0 aromatic carbocycles. The summed E-state index contributed by atoms with van der Waals surface area (Å²) >= 11 is 0. The Kier molecular flexibility index (Phi) is 3.63. The molecule has 1 aliphatic heterocycles. The van der Waals surface area contributed by atoms with Crippen molar-refractivity contribution in [3.63, 3.8) is 0 Å². The SMILES string of the molecule is CC1NCCC1C(=O)Nc1cnc2c(cnn2C(C)C)c1. The number of fused-ring (bicyclic) bond motifs is 1. The fraction of sp³-hybridized carbons (Fsp3) is 0.533. The number of carbonyl (C=O) groups excluding carboxylic acids is 1. The van der Waals surface area contributed by atoms with Gasteiger partial charge >= 0.3 is 0 Å². The van der Waals surface area contributed by atoms with Crippen LogP contribution in [-0.2, 0) is 4.79 Å². The monoisotopic (exact) mass is 287 g/mol. The van der Waals surface area contributed by atoms with E-state index in [0.29, 0.717) is 0 Å². The predicted molar refractivity (Wildman–Crippen MR) is 82.1 cm³/mol. The Morgan fingerprint density at radius 3 is 2.95 bits per heavy atom. The van der Waals surface area contributed by atoms with E-state index in [0.717, 1.165) is 29.7 Å². The van der Waals surface area contributed by atoms with Crippen molar-refractivity contribution in [2.24, 2.45) is 5.92 Å². The van der Waals surface area contributed by atoms with Gasteiger partial charge in [0.25, 0.3) is 0 Å². The highest BCUT2D eigenvalue weighted by atomic mass is 16.1. The third-order valence-electron chi connectivity index (χ3n) is 4.05. The maximum absolute atomic E-state index is 12.3. The van der Waals surface area contributed by atoms with Crippen molar-refractivity contribution in [1.82, 2.24) is 20.1 Å². The average Bonchev–Trinajstić information content (AvgIpc) is 3.04. The van der Waals surface area contributed by atoms with E-state index in [-0.39, 0.29) is 23.9 Å². The Morgan fingerprint density at radius 1 is 1.48 bits per heavy atom. The molecule has 2 aromatic rings. The molecule has 1 fully saturated rings. The first kappa shape index (κ1) is 14.0. The molecule has 112 valence electrons. The van der Waals surface area contributed by atoms with E-state index >= 15 is 0 Å². The van der Waals surface area contributed by atoms with Gasteiger partial charge in [-0.2, -0.15) is 5.10 Å². The van der Waals surface area contributed by atoms with Gasteiger partial charge < -0.3 is 10.6 Å². The summed E-state index contributed by atoms with van der Waals surface area (Å²) < 4.78 is 1.88. The van der Waals surface area contributed by atoms with Crippen molar-refractivity contribution < 1.29 is 4.79 Å². The maximum atomic E-state index is 12.3. The zero-order chi connectivity index (χ0) is 15.0. The van der Waals surface area contributed by atoms with Gasteiger partial charge in [-0.3, -0.25) is 4.79 Å². The molecule has 21 heavy (non-hydrogen) atoms. The molecule has 2 aromatic heterocycles. The molecule has 0 spiro atoms. The van der Waals surface area contributed by atoms with Gasteiger partial charge in [-0.15, -0.1) is 0 Å². The number of amides is 1. The average molecular weight is 287 g/mol. The fourth-order valence-corrected chi connectivity index (χ4v) is 2.84. The number of hydrogen-bond acceptors (Lipinski definition) is 4. The standard InChI is InChI=1S/C15H21N5O/c1-9(2)20-14-11(7-18-20)6-12(8-17-14)19-15(21)13-4-5-16-10(13)3/h6-10,13,16H,4-5H2,1-3H3,(H,19,21). The lowest BCUT2D eigenvalue weighted by molar-refractivity contribution is -0.120. The van der Waals surface area contributed by atoms with Crippen molar-refractivity contribution in [2.75, 3.05) is 11.9 Å². The van der Waals surface area contributed by atoms with Gasteiger partial charge in [-0.25, -0.2) is 9.67 Å². The number of nitrogens with one attached hydrogen (secondary N) is 2. The van der Waals surface area contributed by atoms with Gasteiger partial charge in [0.2, 0.25) is 5.91 Å². The number of aromatic nitrogens is 3. The minimum atomic E-state index is 0.0269. The van der Waals surface area contributed by atoms with Crippen molar-refractivity contribution >= 4 is 22.6 Å². The molecule has 6 heteroatoms. The van der Waals surface area contributed by atoms with Crippen LogP contribution in [0, 0.1) is 5.92 Å². The Balaban J connectivity index is 1.80. The molecule has 0 aliphatic carbocycles. The van der Waals surface area contributed by atoms with E-state index < -0.39 is 0 Å². The molecule has 6 nitrogen and oxygen atoms in total. The lowest BCUT2D eigenvalue weighted by Crippen LogP contribution is -2.32. The van der Waals surface area contributed by atoms with Gasteiger partial charge in [-0.05, 0) is 39.8 Å². The Labute approximate surface area is 123 Å². The largest absolute Gasteiger partial charge is 0.324 e. The van der Waals surface area contributed by atoms with E-state index in [9.17, 15) is 4.79 Å². The molecule has 2 unspecified atom stereocenters. The van der Waals surface area contributed by atoms with Gasteiger partial charge in [-0.1, -0.05) is 0 Å². The van der Waals surface area contributed by atoms with E-state index in [2.05, 4.69) is 34.6 Å². The third kappa shape index (κ3) is 2.63. The molecule has 2 atom stereocenters. The lowest BCUT2D eigenvalue weighted by atomic mass is 10.0. The predicted octanol–water partition coefficient (Wildman–Crippen LogP) is 1.95. The highest BCUT2D eigenvalue weighted by molar-refractivity contribution is 5.94. The van der Waals surface area contributed by atoms with Crippen LogP contribution in [0.4, 0.5) is 5.69 Å². The van der Waals surface area contributed by atoms with Crippen molar-refractivity contribution in [2.45, 2.75) is 39.3 Å². The highest BCUT2D eigenvalue weighted by Gasteiger charge is 2.29. The van der Waals surface area contributed by atoms with Gasteiger partial charge in [0.15, 0.2) is 5.65 Å². The number of anilines is 1. The number of carbonyl (C=O) groups is 1. The molecule has 1 saturated heterocycles. The normalized spacial score (nSPS) is 22.1. The minimum absolute atomic E-state index is 0.0269. The van der Waals surface area contributed by atoms with E-state index in [1.165, 1.54) is 0 Å². The smallest absolute Gasteiger partial charge is 0.229 e. The van der Waals surface area contributed by atoms with Crippen LogP contribution < -0.4 is 10.6 Å². The first-order chi connectivity index (χ1) is 10.1. The summed E-state index contributed by atoms with van der Waals surface area (Å²) in [7, 11) is 0. The third-order valence-corrected chi connectivity index (χ3v) is 4.05. The lowest BCUT2D eigenvalue weighted by Gasteiger charge is -2.14. The molecule has 1 aliphatic rings. The summed E-state index contributed by atoms with van der Waals surface area (Å²) in [6.07, 6.45) is 4.37. The second kappa shape index (κ2) is 5.44. The summed E-state index contributed by atoms with van der Waals surface area (Å²) in [6.45, 7) is 7.08. The molecular formula is C15H21N5O. The van der Waals surface area contributed by atoms with Crippen LogP contribution in [0.5, 0.6) is 0 Å². The molecule has 2 N–H and O–H groups in total. The van der Waals surface area contributed by atoms with E-state index in [1.54, 1.807) is 12.4 Å². The first-order valence-corrected chi connectivity index (χ1v) is 7.44. The number of pyridine rings is 1. The first-order valence-electron chi connectivity index (χ1n) is 7.44. The zero-order valence-corrected chi connectivity index (χ0v) is 12.6. The fourth-order valence-electron chi connectivity index (χ4n) is 2.84. The number of hydrogen-bond donors (Lipinski definition) is 2. The van der Waals surface area contributed by atoms with Crippen LogP contribution in [0.3, 0.4) is 0 Å². The molecule has 3 heterocycles. The number of nitrogens with zero attached hydrogens (tertiary/aromatic N) is 3. The van der Waals surface area contributed by atoms with Gasteiger partial charge in [0.05, 0.1) is 24.0 Å². The topological polar surface area (TPSA) is 71.8 Å². The van der Waals surface area contributed by atoms with Crippen molar-refractivity contribution in [3.05, 3.63) is 18.5 Å². The Bertz CT molecular complexity index is 663. The molecule has 0 saturated carbocycles. The summed E-state index contributed by atoms with van der Waals surface area (Å²) in [6, 6.07) is 2.42. The summed E-state index contributed by atoms with van der Waals surface area (Å²) in [5.74, 6) is 0.0870. The maximum Gasteiger partial charge on any atom is 0.229 e. The molecular weight excluding hydrogens is 266 g/mol. The summed E-state index contributed by atoms with van der Waals surface area (Å²) in [5.41, 5.74) is 1.58. The molecule has 3 rings (SSSR count). The van der Waals surface area contributed by atoms with Crippen molar-refractivity contribution in [3.8, 4) is 0 Å². The van der Waals surface area contributed by atoms with Gasteiger partial charge in [0, 0.05) is 17.5 Å².